The molecule has 1 aromatic carbocycles. The van der Waals surface area contributed by atoms with Gasteiger partial charge in [0.1, 0.15) is 0 Å². The number of anilines is 1. The van der Waals surface area contributed by atoms with Crippen molar-refractivity contribution in [2.24, 2.45) is 5.92 Å². The van der Waals surface area contributed by atoms with Crippen LogP contribution in [0.1, 0.15) is 44.6 Å². The highest BCUT2D eigenvalue weighted by Gasteiger charge is 2.24. The van der Waals surface area contributed by atoms with Crippen LogP contribution in [0.15, 0.2) is 24.3 Å². The molecule has 2 rings (SSSR count). The second kappa shape index (κ2) is 6.59. The molecule has 1 aliphatic rings. The summed E-state index contributed by atoms with van der Waals surface area (Å²) in [6.45, 7) is 2.18. The van der Waals surface area contributed by atoms with Crippen molar-refractivity contribution in [2.45, 2.75) is 50.8 Å². The van der Waals surface area contributed by atoms with E-state index in [1.54, 1.807) is 24.3 Å². The highest BCUT2D eigenvalue weighted by atomic mass is 32.2. The highest BCUT2D eigenvalue weighted by Crippen LogP contribution is 2.27. The van der Waals surface area contributed by atoms with E-state index in [0.717, 1.165) is 31.2 Å². The van der Waals surface area contributed by atoms with Crippen LogP contribution in [0.5, 0.6) is 0 Å². The first-order valence-electron chi connectivity index (χ1n) is 7.33. The normalized spacial score (nSPS) is 23.6. The molecule has 0 aromatic heterocycles. The molecule has 0 radical (unpaired) electrons. The highest BCUT2D eigenvalue weighted by molar-refractivity contribution is 7.88. The molecule has 0 heterocycles. The first-order chi connectivity index (χ1) is 9.48. The van der Waals surface area contributed by atoms with E-state index >= 15 is 0 Å². The van der Waals surface area contributed by atoms with Crippen LogP contribution in [0.3, 0.4) is 0 Å². The third-order valence-electron chi connectivity index (χ3n) is 4.04. The van der Waals surface area contributed by atoms with Crippen LogP contribution in [0.2, 0.25) is 0 Å². The Bertz CT molecular complexity index is 525. The SMILES string of the molecule is CCC1CCCC(NS(=O)(=O)Cc2ccc(N)cc2)C1. The molecule has 2 atom stereocenters. The third kappa shape index (κ3) is 4.49. The molecule has 1 fully saturated rings. The zero-order valence-electron chi connectivity index (χ0n) is 12.0. The standard InChI is InChI=1S/C15H24N2O2S/c1-2-12-4-3-5-15(10-12)17-20(18,19)11-13-6-8-14(16)9-7-13/h6-9,12,15,17H,2-5,10-11,16H2,1H3. The van der Waals surface area contributed by atoms with E-state index in [2.05, 4.69) is 11.6 Å². The molecule has 0 amide bonds. The molecule has 4 nitrogen and oxygen atoms in total. The zero-order valence-corrected chi connectivity index (χ0v) is 12.8. The molecule has 0 saturated heterocycles. The van der Waals surface area contributed by atoms with Crippen molar-refractivity contribution < 1.29 is 8.42 Å². The number of hydrogen-bond acceptors (Lipinski definition) is 3. The Labute approximate surface area is 121 Å². The van der Waals surface area contributed by atoms with Crippen LogP contribution in [0.4, 0.5) is 5.69 Å². The topological polar surface area (TPSA) is 72.2 Å². The summed E-state index contributed by atoms with van der Waals surface area (Å²) in [5.74, 6) is 0.689. The van der Waals surface area contributed by atoms with Gasteiger partial charge in [-0.15, -0.1) is 0 Å². The summed E-state index contributed by atoms with van der Waals surface area (Å²) in [4.78, 5) is 0. The molecule has 112 valence electrons. The number of nitrogen functional groups attached to an aromatic ring is 1. The van der Waals surface area contributed by atoms with E-state index in [1.807, 2.05) is 0 Å². The second-order valence-electron chi connectivity index (χ2n) is 5.76. The Morgan fingerprint density at radius 2 is 1.95 bits per heavy atom. The van der Waals surface area contributed by atoms with Gasteiger partial charge in [0.05, 0.1) is 5.75 Å². The predicted octanol–water partition coefficient (Wildman–Crippen LogP) is 2.66. The molecule has 20 heavy (non-hydrogen) atoms. The molecule has 0 aliphatic heterocycles. The van der Waals surface area contributed by atoms with E-state index in [-0.39, 0.29) is 11.8 Å². The molecule has 0 spiro atoms. The average Bonchev–Trinajstić information content (AvgIpc) is 2.41. The lowest BCUT2D eigenvalue weighted by Crippen LogP contribution is -2.38. The van der Waals surface area contributed by atoms with Gasteiger partial charge in [0, 0.05) is 11.7 Å². The Morgan fingerprint density at radius 1 is 1.25 bits per heavy atom. The fourth-order valence-corrected chi connectivity index (χ4v) is 4.33. The number of sulfonamides is 1. The van der Waals surface area contributed by atoms with Gasteiger partial charge in [-0.25, -0.2) is 13.1 Å². The number of rotatable bonds is 5. The van der Waals surface area contributed by atoms with Gasteiger partial charge in [0.2, 0.25) is 10.0 Å². The summed E-state index contributed by atoms with van der Waals surface area (Å²) < 4.78 is 27.3. The minimum atomic E-state index is -3.27. The average molecular weight is 296 g/mol. The van der Waals surface area contributed by atoms with Gasteiger partial charge in [0.25, 0.3) is 0 Å². The first kappa shape index (κ1) is 15.3. The molecule has 2 unspecified atom stereocenters. The Balaban J connectivity index is 1.95. The van der Waals surface area contributed by atoms with Crippen molar-refractivity contribution in [1.82, 2.24) is 4.72 Å². The van der Waals surface area contributed by atoms with Crippen LogP contribution < -0.4 is 10.5 Å². The quantitative estimate of drug-likeness (QED) is 0.821. The number of nitrogens with two attached hydrogens (primary N) is 1. The Kier molecular flexibility index (Phi) is 5.05. The van der Waals surface area contributed by atoms with Crippen molar-refractivity contribution >= 4 is 15.7 Å². The van der Waals surface area contributed by atoms with Crippen LogP contribution in [0.25, 0.3) is 0 Å². The van der Waals surface area contributed by atoms with Crippen molar-refractivity contribution in [1.29, 1.82) is 0 Å². The predicted molar refractivity (Wildman–Crippen MR) is 82.7 cm³/mol. The number of hydrogen-bond donors (Lipinski definition) is 2. The second-order valence-corrected chi connectivity index (χ2v) is 7.51. The molecule has 5 heteroatoms. The fourth-order valence-electron chi connectivity index (χ4n) is 2.90. The van der Waals surface area contributed by atoms with Crippen molar-refractivity contribution in [3.63, 3.8) is 0 Å². The Morgan fingerprint density at radius 3 is 2.60 bits per heavy atom. The van der Waals surface area contributed by atoms with Crippen LogP contribution in [0, 0.1) is 5.92 Å². The maximum Gasteiger partial charge on any atom is 0.216 e. The minimum absolute atomic E-state index is 0.0283. The van der Waals surface area contributed by atoms with E-state index < -0.39 is 10.0 Å². The van der Waals surface area contributed by atoms with Gasteiger partial charge in [0.15, 0.2) is 0 Å². The monoisotopic (exact) mass is 296 g/mol. The summed E-state index contributed by atoms with van der Waals surface area (Å²) in [7, 11) is -3.27. The van der Waals surface area contributed by atoms with E-state index in [1.165, 1.54) is 6.42 Å². The van der Waals surface area contributed by atoms with Gasteiger partial charge < -0.3 is 5.73 Å². The van der Waals surface area contributed by atoms with Gasteiger partial charge in [-0.1, -0.05) is 38.3 Å². The minimum Gasteiger partial charge on any atom is -0.399 e. The van der Waals surface area contributed by atoms with Crippen LogP contribution in [-0.4, -0.2) is 14.5 Å². The van der Waals surface area contributed by atoms with E-state index in [4.69, 9.17) is 5.73 Å². The summed E-state index contributed by atoms with van der Waals surface area (Å²) in [6, 6.07) is 7.11. The number of benzene rings is 1. The molecular weight excluding hydrogens is 272 g/mol. The fraction of sp³-hybridized carbons (Fsp3) is 0.600. The smallest absolute Gasteiger partial charge is 0.216 e. The summed E-state index contributed by atoms with van der Waals surface area (Å²) >= 11 is 0. The maximum atomic E-state index is 12.2. The molecule has 1 aliphatic carbocycles. The third-order valence-corrected chi connectivity index (χ3v) is 5.45. The maximum absolute atomic E-state index is 12.2. The zero-order chi connectivity index (χ0) is 14.6. The largest absolute Gasteiger partial charge is 0.399 e. The lowest BCUT2D eigenvalue weighted by atomic mass is 9.85. The van der Waals surface area contributed by atoms with Crippen LogP contribution >= 0.6 is 0 Å². The Hall–Kier alpha value is -1.07. The van der Waals surface area contributed by atoms with E-state index in [9.17, 15) is 8.42 Å². The van der Waals surface area contributed by atoms with Gasteiger partial charge in [-0.05, 0) is 36.5 Å². The van der Waals surface area contributed by atoms with Gasteiger partial charge >= 0.3 is 0 Å². The summed E-state index contributed by atoms with van der Waals surface area (Å²) in [5, 5.41) is 0. The molecule has 1 aromatic rings. The summed E-state index contributed by atoms with van der Waals surface area (Å²) in [5.41, 5.74) is 7.03. The molecular formula is C15H24N2O2S. The van der Waals surface area contributed by atoms with Crippen LogP contribution in [-0.2, 0) is 15.8 Å². The molecule has 1 saturated carbocycles. The van der Waals surface area contributed by atoms with Gasteiger partial charge in [-0.2, -0.15) is 0 Å². The lowest BCUT2D eigenvalue weighted by Gasteiger charge is -2.28. The van der Waals surface area contributed by atoms with Crippen molar-refractivity contribution in [3.05, 3.63) is 29.8 Å². The lowest BCUT2D eigenvalue weighted by molar-refractivity contribution is 0.301. The van der Waals surface area contributed by atoms with Crippen molar-refractivity contribution in [3.8, 4) is 0 Å². The van der Waals surface area contributed by atoms with E-state index in [0.29, 0.717) is 11.6 Å². The summed E-state index contributed by atoms with van der Waals surface area (Å²) in [6.07, 6.45) is 5.41. The van der Waals surface area contributed by atoms with Crippen molar-refractivity contribution in [2.75, 3.05) is 5.73 Å². The first-order valence-corrected chi connectivity index (χ1v) is 8.98. The number of nitrogens with one attached hydrogen (secondary N) is 1. The van der Waals surface area contributed by atoms with Gasteiger partial charge in [-0.3, -0.25) is 0 Å². The molecule has 0 bridgehead atoms. The molecule has 3 N–H and O–H groups in total.